The number of para-hydroxylation sites is 6. The minimum absolute atomic E-state index is 1.12. The average Bonchev–Trinajstić information content (AvgIpc) is 1.61. The van der Waals surface area contributed by atoms with Crippen LogP contribution in [0.2, 0.25) is 0 Å². The van der Waals surface area contributed by atoms with Gasteiger partial charge in [0.25, 0.3) is 0 Å². The topological polar surface area (TPSA) is 9.72 Å². The van der Waals surface area contributed by atoms with Gasteiger partial charge in [-0.25, -0.2) is 0 Å². The molecule has 0 fully saturated rings. The summed E-state index contributed by atoms with van der Waals surface area (Å²) in [5.74, 6) is 0. The minimum Gasteiger partial charge on any atom is -0.311 e. The number of halogens is 3. The highest BCUT2D eigenvalue weighted by atomic mass is 79.9. The largest absolute Gasteiger partial charge is 0.311 e. The lowest BCUT2D eigenvalue weighted by molar-refractivity contribution is 1.28. The second kappa shape index (κ2) is 24.7. The molecule has 0 radical (unpaired) electrons. The third-order valence-electron chi connectivity index (χ3n) is 16.1. The first-order chi connectivity index (χ1) is 44.3. The fraction of sp³-hybridized carbons (Fsp3) is 0. The molecule has 0 saturated heterocycles. The van der Waals surface area contributed by atoms with Crippen LogP contribution in [0.5, 0.6) is 0 Å². The summed E-state index contributed by atoms with van der Waals surface area (Å²) in [6, 6.07) is 105. The van der Waals surface area contributed by atoms with E-state index in [0.717, 1.165) is 51.2 Å². The zero-order valence-electron chi connectivity index (χ0n) is 47.6. The van der Waals surface area contributed by atoms with Gasteiger partial charge in [0.05, 0.1) is 11.4 Å². The third-order valence-corrected chi connectivity index (χ3v) is 24.8. The van der Waals surface area contributed by atoms with E-state index in [-0.39, 0.29) is 0 Å². The van der Waals surface area contributed by atoms with Crippen LogP contribution in [0.15, 0.2) is 303 Å². The smallest absolute Gasteiger partial charge is 0.0711 e. The summed E-state index contributed by atoms with van der Waals surface area (Å²) in [4.78, 5) is 10.7. The van der Waals surface area contributed by atoms with Crippen LogP contribution in [-0.2, 0) is 0 Å². The van der Waals surface area contributed by atoms with Gasteiger partial charge < -0.3 is 14.7 Å². The molecular weight excluding hydrogens is 1410 g/mol. The van der Waals surface area contributed by atoms with Crippen molar-refractivity contribution in [2.45, 2.75) is 0 Å². The molecule has 6 heterocycles. The molecule has 0 aliphatic heterocycles. The van der Waals surface area contributed by atoms with Gasteiger partial charge in [0, 0.05) is 126 Å². The Morgan fingerprint density at radius 1 is 0.189 bits per heavy atom. The van der Waals surface area contributed by atoms with Gasteiger partial charge in [0.1, 0.15) is 0 Å². The van der Waals surface area contributed by atoms with Gasteiger partial charge in [-0.1, -0.05) is 146 Å². The van der Waals surface area contributed by atoms with E-state index in [1.165, 1.54) is 103 Å². The Labute approximate surface area is 570 Å². The number of rotatable bonds is 12. The van der Waals surface area contributed by atoms with Gasteiger partial charge in [-0.05, 0) is 210 Å². The van der Waals surface area contributed by atoms with E-state index in [1.807, 2.05) is 68.0 Å². The molecule has 12 heteroatoms. The zero-order valence-corrected chi connectivity index (χ0v) is 57.3. The number of nitrogens with zero attached hydrogens (tertiary/aromatic N) is 3. The quantitative estimate of drug-likeness (QED) is 0.121. The molecule has 3 nitrogen and oxygen atoms in total. The number of fused-ring (bicyclic) bond motifs is 12. The Bertz CT molecular complexity index is 4530. The van der Waals surface area contributed by atoms with Crippen LogP contribution in [0, 0.1) is 0 Å². The molecule has 6 aromatic heterocycles. The maximum Gasteiger partial charge on any atom is 0.0711 e. The van der Waals surface area contributed by atoms with E-state index in [4.69, 9.17) is 0 Å². The second-order valence-corrected chi connectivity index (χ2v) is 32.1. The normalized spacial score (nSPS) is 11.5. The summed E-state index contributed by atoms with van der Waals surface area (Å²) in [5, 5.41) is 8.00. The molecule has 0 spiro atoms. The van der Waals surface area contributed by atoms with Crippen LogP contribution in [0.3, 0.4) is 0 Å². The first-order valence-electron chi connectivity index (χ1n) is 29.2. The SMILES string of the molecule is Brc1cc2c(s1)c1cc(Br)sc1c1cc(Br)sc21.c1ccc(N(c2ccccc2)c2ccc(-c3cc4c(s3)c3cc(-c5ccc(N(c6ccccc6)c6ccccc6)cc5)sc3c3cc(-c5ccc(N(c6ccccc6)c6ccccc6)cc5)sc43)cc2)cc1. The van der Waals surface area contributed by atoms with Crippen LogP contribution < -0.4 is 14.7 Å². The maximum atomic E-state index is 3.61. The van der Waals surface area contributed by atoms with Crippen molar-refractivity contribution in [3.05, 3.63) is 303 Å². The summed E-state index contributed by atoms with van der Waals surface area (Å²) in [6.07, 6.45) is 0. The van der Waals surface area contributed by atoms with Gasteiger partial charge in [-0.2, -0.15) is 0 Å². The maximum absolute atomic E-state index is 3.61. The van der Waals surface area contributed by atoms with Crippen LogP contribution >= 0.6 is 116 Å². The summed E-state index contributed by atoms with van der Waals surface area (Å²) >= 11 is 22.0. The van der Waals surface area contributed by atoms with Crippen molar-refractivity contribution in [1.29, 1.82) is 0 Å². The molecule has 0 atom stereocenters. The van der Waals surface area contributed by atoms with Gasteiger partial charge >= 0.3 is 0 Å². The predicted octanol–water partition coefficient (Wildman–Crippen LogP) is 28.4. The summed E-state index contributed by atoms with van der Waals surface area (Å²) in [6.45, 7) is 0. The standard InChI is InChI=1S/C66H45N3S3.C12H3Br3S3/c1-7-19-49(20-8-1)67(50-21-9-2-10-22-50)55-37-31-46(32-38-55)61-43-58-64(70-61)59-44-62(47-33-39-56(40-34-47)68(51-23-11-3-12-24-51)52-25-13-4-14-26-52)72-66(59)60-45-63(71-65(58)60)48-35-41-57(42-36-48)69(53-27-15-5-16-28-53)54-29-17-6-18-30-54;13-7-1-4-10(16-7)5-2-9(15)18-12(5)6-3-8(14)17-11(4)6/h1-45H;1-3H. The number of thiophene rings is 6. The summed E-state index contributed by atoms with van der Waals surface area (Å²) < 4.78 is 11.7. The van der Waals surface area contributed by atoms with E-state index < -0.39 is 0 Å². The van der Waals surface area contributed by atoms with Crippen LogP contribution in [0.25, 0.3) is 91.8 Å². The molecule has 0 N–H and O–H groups in total. The van der Waals surface area contributed by atoms with Gasteiger partial charge in [0.2, 0.25) is 0 Å². The highest BCUT2D eigenvalue weighted by molar-refractivity contribution is 9.11. The van der Waals surface area contributed by atoms with E-state index in [9.17, 15) is 0 Å². The number of hydrogen-bond acceptors (Lipinski definition) is 9. The van der Waals surface area contributed by atoms with Crippen molar-refractivity contribution in [3.8, 4) is 31.3 Å². The lowest BCUT2D eigenvalue weighted by atomic mass is 10.1. The highest BCUT2D eigenvalue weighted by Crippen LogP contribution is 2.53. The average molecular weight is 1460 g/mol. The van der Waals surface area contributed by atoms with E-state index in [0.29, 0.717) is 0 Å². The molecule has 17 rings (SSSR count). The Hall–Kier alpha value is -7.98. The Balaban J connectivity index is 0.000000306. The molecule has 0 amide bonds. The Morgan fingerprint density at radius 3 is 0.578 bits per heavy atom. The summed E-state index contributed by atoms with van der Waals surface area (Å²) in [7, 11) is 0. The lowest BCUT2D eigenvalue weighted by Crippen LogP contribution is -2.09. The molecule has 0 unspecified atom stereocenters. The molecule has 0 saturated carbocycles. The van der Waals surface area contributed by atoms with E-state index in [2.05, 4.69) is 354 Å². The highest BCUT2D eigenvalue weighted by Gasteiger charge is 2.23. The van der Waals surface area contributed by atoms with Crippen LogP contribution in [0.4, 0.5) is 51.2 Å². The molecule has 17 aromatic rings. The molecule has 432 valence electrons. The number of hydrogen-bond donors (Lipinski definition) is 0. The fourth-order valence-corrected chi connectivity index (χ4v) is 20.9. The lowest BCUT2D eigenvalue weighted by Gasteiger charge is -2.25. The second-order valence-electron chi connectivity index (χ2n) is 21.6. The van der Waals surface area contributed by atoms with Crippen molar-refractivity contribution >= 4 is 228 Å². The molecular formula is C78H48Br3N3S6. The van der Waals surface area contributed by atoms with Crippen molar-refractivity contribution in [2.24, 2.45) is 0 Å². The summed E-state index contributed by atoms with van der Waals surface area (Å²) in [5.41, 5.74) is 13.8. The molecule has 0 aliphatic carbocycles. The minimum atomic E-state index is 1.12. The molecule has 90 heavy (non-hydrogen) atoms. The predicted molar refractivity (Wildman–Crippen MR) is 409 cm³/mol. The van der Waals surface area contributed by atoms with Gasteiger partial charge in [-0.15, -0.1) is 68.0 Å². The van der Waals surface area contributed by atoms with Crippen molar-refractivity contribution in [1.82, 2.24) is 0 Å². The first kappa shape index (κ1) is 57.2. The van der Waals surface area contributed by atoms with Crippen molar-refractivity contribution in [3.63, 3.8) is 0 Å². The van der Waals surface area contributed by atoms with Gasteiger partial charge in [0.15, 0.2) is 0 Å². The van der Waals surface area contributed by atoms with Crippen molar-refractivity contribution in [2.75, 3.05) is 14.7 Å². The van der Waals surface area contributed by atoms with E-state index >= 15 is 0 Å². The Kier molecular flexibility index (Phi) is 15.7. The Morgan fingerprint density at radius 2 is 0.367 bits per heavy atom. The number of anilines is 9. The first-order valence-corrected chi connectivity index (χ1v) is 36.4. The molecule has 0 bridgehead atoms. The fourth-order valence-electron chi connectivity index (χ4n) is 12.0. The monoisotopic (exact) mass is 1450 g/mol. The van der Waals surface area contributed by atoms with E-state index in [1.54, 1.807) is 0 Å². The van der Waals surface area contributed by atoms with Gasteiger partial charge in [-0.3, -0.25) is 0 Å². The van der Waals surface area contributed by atoms with Crippen LogP contribution in [-0.4, -0.2) is 0 Å². The number of benzene rings is 11. The van der Waals surface area contributed by atoms with Crippen LogP contribution in [0.1, 0.15) is 0 Å². The van der Waals surface area contributed by atoms with Crippen molar-refractivity contribution < 1.29 is 0 Å². The molecule has 11 aromatic carbocycles. The third kappa shape index (κ3) is 10.9. The molecule has 0 aliphatic rings. The zero-order chi connectivity index (χ0) is 60.2.